The van der Waals surface area contributed by atoms with Crippen molar-refractivity contribution in [3.05, 3.63) is 106 Å². The summed E-state index contributed by atoms with van der Waals surface area (Å²) in [6, 6.07) is 24.3. The molecule has 4 aromatic rings. The minimum absolute atomic E-state index is 0.258. The van der Waals surface area contributed by atoms with E-state index in [0.29, 0.717) is 39.3 Å². The SMILES string of the molecule is Cc1nc(CSc2ccccc2C(=O)Nc2ccc(C(C#N)c3ccccc3)c(Cl)c2)no1. The van der Waals surface area contributed by atoms with Crippen molar-refractivity contribution in [3.63, 3.8) is 0 Å². The number of aromatic nitrogens is 2. The summed E-state index contributed by atoms with van der Waals surface area (Å²) in [6.45, 7) is 1.73. The highest BCUT2D eigenvalue weighted by Crippen LogP contribution is 2.32. The Labute approximate surface area is 200 Å². The van der Waals surface area contributed by atoms with Crippen LogP contribution in [0.15, 0.2) is 82.2 Å². The number of amides is 1. The molecule has 164 valence electrons. The Kier molecular flexibility index (Phi) is 7.08. The van der Waals surface area contributed by atoms with Crippen LogP contribution in [0.3, 0.4) is 0 Å². The van der Waals surface area contributed by atoms with E-state index in [1.807, 2.05) is 48.5 Å². The zero-order valence-corrected chi connectivity index (χ0v) is 19.2. The Morgan fingerprint density at radius 2 is 1.91 bits per heavy atom. The normalized spacial score (nSPS) is 11.5. The lowest BCUT2D eigenvalue weighted by Crippen LogP contribution is -2.13. The topological polar surface area (TPSA) is 91.8 Å². The minimum Gasteiger partial charge on any atom is -0.340 e. The summed E-state index contributed by atoms with van der Waals surface area (Å²) in [4.78, 5) is 18.0. The van der Waals surface area contributed by atoms with Crippen LogP contribution < -0.4 is 5.32 Å². The molecule has 1 atom stereocenters. The molecule has 1 N–H and O–H groups in total. The van der Waals surface area contributed by atoms with Gasteiger partial charge in [-0.1, -0.05) is 65.3 Å². The molecule has 4 rings (SSSR count). The van der Waals surface area contributed by atoms with Crippen LogP contribution in [0.1, 0.15) is 39.1 Å². The van der Waals surface area contributed by atoms with Crippen LogP contribution in [-0.4, -0.2) is 16.0 Å². The van der Waals surface area contributed by atoms with Gasteiger partial charge in [-0.25, -0.2) is 0 Å². The Morgan fingerprint density at radius 3 is 2.61 bits per heavy atom. The standard InChI is InChI=1S/C25H19ClN4O2S/c1-16-28-24(30-32-16)15-33-23-10-6-5-9-20(23)25(31)29-18-11-12-19(22(26)13-18)21(14-27)17-7-3-2-4-8-17/h2-13,21H,15H2,1H3,(H,29,31). The highest BCUT2D eigenvalue weighted by molar-refractivity contribution is 7.98. The summed E-state index contributed by atoms with van der Waals surface area (Å²) in [7, 11) is 0. The molecular weight excluding hydrogens is 456 g/mol. The second kappa shape index (κ2) is 10.3. The van der Waals surface area contributed by atoms with E-state index in [1.165, 1.54) is 11.8 Å². The van der Waals surface area contributed by atoms with Crippen LogP contribution in [0.2, 0.25) is 5.02 Å². The molecule has 33 heavy (non-hydrogen) atoms. The highest BCUT2D eigenvalue weighted by Gasteiger charge is 2.18. The molecule has 1 aromatic heterocycles. The molecule has 0 bridgehead atoms. The Bertz CT molecular complexity index is 1320. The van der Waals surface area contributed by atoms with Crippen LogP contribution in [0, 0.1) is 18.3 Å². The van der Waals surface area contributed by atoms with Crippen molar-refractivity contribution in [1.82, 2.24) is 10.1 Å². The van der Waals surface area contributed by atoms with Gasteiger partial charge in [-0.2, -0.15) is 10.2 Å². The molecule has 0 spiro atoms. The molecule has 3 aromatic carbocycles. The first-order chi connectivity index (χ1) is 16.0. The summed E-state index contributed by atoms with van der Waals surface area (Å²) < 4.78 is 5.00. The summed E-state index contributed by atoms with van der Waals surface area (Å²) in [5, 5.41) is 16.9. The molecule has 0 radical (unpaired) electrons. The lowest BCUT2D eigenvalue weighted by molar-refractivity contribution is 0.102. The number of carbonyl (C=O) groups excluding carboxylic acids is 1. The van der Waals surface area contributed by atoms with Crippen molar-refractivity contribution in [1.29, 1.82) is 5.26 Å². The number of halogens is 1. The quantitative estimate of drug-likeness (QED) is 0.319. The predicted octanol–water partition coefficient (Wildman–Crippen LogP) is 6.23. The van der Waals surface area contributed by atoms with Gasteiger partial charge in [-0.05, 0) is 35.4 Å². The van der Waals surface area contributed by atoms with E-state index >= 15 is 0 Å². The van der Waals surface area contributed by atoms with E-state index in [9.17, 15) is 10.1 Å². The largest absolute Gasteiger partial charge is 0.340 e. The zero-order chi connectivity index (χ0) is 23.2. The van der Waals surface area contributed by atoms with Crippen molar-refractivity contribution in [2.24, 2.45) is 0 Å². The third-order valence-corrected chi connectivity index (χ3v) is 6.29. The van der Waals surface area contributed by atoms with Gasteiger partial charge in [-0.3, -0.25) is 4.79 Å². The Morgan fingerprint density at radius 1 is 1.15 bits per heavy atom. The maximum Gasteiger partial charge on any atom is 0.256 e. The maximum atomic E-state index is 13.0. The number of nitriles is 1. The van der Waals surface area contributed by atoms with Crippen molar-refractivity contribution >= 4 is 35.0 Å². The zero-order valence-electron chi connectivity index (χ0n) is 17.7. The lowest BCUT2D eigenvalue weighted by atomic mass is 9.92. The second-order valence-corrected chi connectivity index (χ2v) is 8.60. The highest BCUT2D eigenvalue weighted by atomic mass is 35.5. The molecule has 8 heteroatoms. The van der Waals surface area contributed by atoms with Gasteiger partial charge in [0.2, 0.25) is 5.89 Å². The average Bonchev–Trinajstić information content (AvgIpc) is 3.25. The number of thioether (sulfide) groups is 1. The molecule has 0 aliphatic rings. The molecule has 0 saturated carbocycles. The van der Waals surface area contributed by atoms with Gasteiger partial charge < -0.3 is 9.84 Å². The third kappa shape index (κ3) is 5.43. The molecule has 1 heterocycles. The first-order valence-electron chi connectivity index (χ1n) is 10.1. The number of rotatable bonds is 7. The van der Waals surface area contributed by atoms with Gasteiger partial charge in [0.15, 0.2) is 5.82 Å². The number of benzene rings is 3. The maximum absolute atomic E-state index is 13.0. The number of carbonyl (C=O) groups is 1. The predicted molar refractivity (Wildman–Crippen MR) is 128 cm³/mol. The number of nitrogens with zero attached hydrogens (tertiary/aromatic N) is 3. The van der Waals surface area contributed by atoms with E-state index in [-0.39, 0.29) is 5.91 Å². The van der Waals surface area contributed by atoms with Gasteiger partial charge in [0.1, 0.15) is 0 Å². The van der Waals surface area contributed by atoms with E-state index in [4.69, 9.17) is 16.1 Å². The summed E-state index contributed by atoms with van der Waals surface area (Å²) in [5.41, 5.74) is 2.63. The van der Waals surface area contributed by atoms with Crippen LogP contribution >= 0.6 is 23.4 Å². The fourth-order valence-corrected chi connectivity index (χ4v) is 4.51. The van der Waals surface area contributed by atoms with E-state index in [1.54, 1.807) is 31.2 Å². The fraction of sp³-hybridized carbons (Fsp3) is 0.120. The van der Waals surface area contributed by atoms with Gasteiger partial charge >= 0.3 is 0 Å². The first-order valence-corrected chi connectivity index (χ1v) is 11.5. The summed E-state index contributed by atoms with van der Waals surface area (Å²) >= 11 is 7.96. The van der Waals surface area contributed by atoms with Crippen LogP contribution in [0.25, 0.3) is 0 Å². The van der Waals surface area contributed by atoms with Crippen molar-refractivity contribution < 1.29 is 9.32 Å². The average molecular weight is 475 g/mol. The molecular formula is C25H19ClN4O2S. The smallest absolute Gasteiger partial charge is 0.256 e. The number of hydrogen-bond donors (Lipinski definition) is 1. The minimum atomic E-state index is -0.491. The van der Waals surface area contributed by atoms with Gasteiger partial charge in [-0.15, -0.1) is 11.8 Å². The van der Waals surface area contributed by atoms with Crippen LogP contribution in [0.5, 0.6) is 0 Å². The molecule has 1 unspecified atom stereocenters. The van der Waals surface area contributed by atoms with E-state index in [0.717, 1.165) is 10.5 Å². The molecule has 0 saturated heterocycles. The van der Waals surface area contributed by atoms with Crippen molar-refractivity contribution in [2.45, 2.75) is 23.5 Å². The number of anilines is 1. The van der Waals surface area contributed by atoms with Gasteiger partial charge in [0.05, 0.1) is 23.3 Å². The number of hydrogen-bond acceptors (Lipinski definition) is 6. The van der Waals surface area contributed by atoms with E-state index in [2.05, 4.69) is 21.5 Å². The third-order valence-electron chi connectivity index (χ3n) is 4.89. The summed E-state index contributed by atoms with van der Waals surface area (Å²) in [5.74, 6) is 0.806. The Balaban J connectivity index is 1.50. The van der Waals surface area contributed by atoms with Gasteiger partial charge in [0.25, 0.3) is 5.91 Å². The van der Waals surface area contributed by atoms with Gasteiger partial charge in [0, 0.05) is 22.5 Å². The second-order valence-electron chi connectivity index (χ2n) is 7.18. The van der Waals surface area contributed by atoms with Crippen molar-refractivity contribution in [2.75, 3.05) is 5.32 Å². The lowest BCUT2D eigenvalue weighted by Gasteiger charge is -2.14. The van der Waals surface area contributed by atoms with Crippen molar-refractivity contribution in [3.8, 4) is 6.07 Å². The van der Waals surface area contributed by atoms with Crippen LogP contribution in [-0.2, 0) is 5.75 Å². The molecule has 0 aliphatic heterocycles. The van der Waals surface area contributed by atoms with E-state index < -0.39 is 5.92 Å². The fourth-order valence-electron chi connectivity index (χ4n) is 3.33. The molecule has 1 amide bonds. The number of aryl methyl sites for hydroxylation is 1. The monoisotopic (exact) mass is 474 g/mol. The molecule has 6 nitrogen and oxygen atoms in total. The Hall–Kier alpha value is -3.60. The number of nitrogens with one attached hydrogen (secondary N) is 1. The molecule has 0 fully saturated rings. The van der Waals surface area contributed by atoms with Crippen LogP contribution in [0.4, 0.5) is 5.69 Å². The summed E-state index contributed by atoms with van der Waals surface area (Å²) in [6.07, 6.45) is 0. The molecule has 0 aliphatic carbocycles. The first kappa shape index (κ1) is 22.6.